The molecule has 2 atom stereocenters. The Kier molecular flexibility index (Phi) is 5.85. The summed E-state index contributed by atoms with van der Waals surface area (Å²) in [5.74, 6) is 0.607. The highest BCUT2D eigenvalue weighted by molar-refractivity contribution is 8.00. The van der Waals surface area contributed by atoms with Crippen LogP contribution in [0.4, 0.5) is 5.82 Å². The number of ether oxygens (including phenoxy) is 2. The zero-order valence-electron chi connectivity index (χ0n) is 13.8. The highest BCUT2D eigenvalue weighted by Crippen LogP contribution is 2.31. The second-order valence-electron chi connectivity index (χ2n) is 5.54. The minimum Gasteiger partial charge on any atom is -0.373 e. The van der Waals surface area contributed by atoms with Crippen molar-refractivity contribution in [2.75, 3.05) is 17.7 Å². The Bertz CT molecular complexity index is 781. The number of hydrogen-bond acceptors (Lipinski definition) is 6. The Morgan fingerprint density at radius 3 is 2.92 bits per heavy atom. The number of thioether (sulfide) groups is 1. The third-order valence-electron chi connectivity index (χ3n) is 3.54. The van der Waals surface area contributed by atoms with Gasteiger partial charge in [-0.05, 0) is 11.6 Å². The number of nitrogens with one attached hydrogen (secondary N) is 1. The van der Waals surface area contributed by atoms with Crippen LogP contribution in [-0.4, -0.2) is 33.3 Å². The van der Waals surface area contributed by atoms with E-state index in [-0.39, 0.29) is 23.4 Å². The second-order valence-corrected chi connectivity index (χ2v) is 6.73. The van der Waals surface area contributed by atoms with Crippen LogP contribution >= 0.6 is 11.8 Å². The Morgan fingerprint density at radius 2 is 2.20 bits per heavy atom. The first-order chi connectivity index (χ1) is 12.1. The number of amides is 1. The van der Waals surface area contributed by atoms with E-state index in [2.05, 4.69) is 10.3 Å². The van der Waals surface area contributed by atoms with Crippen LogP contribution in [0, 0.1) is 0 Å². The van der Waals surface area contributed by atoms with Gasteiger partial charge in [0, 0.05) is 18.9 Å². The normalized spacial score (nSPS) is 19.7. The molecule has 2 aromatic rings. The number of carbonyl (C=O) groups is 1. The molecule has 0 radical (unpaired) electrons. The molecular weight excluding hydrogens is 342 g/mol. The van der Waals surface area contributed by atoms with Crippen molar-refractivity contribution in [3.63, 3.8) is 0 Å². The first-order valence-electron chi connectivity index (χ1n) is 7.87. The van der Waals surface area contributed by atoms with Gasteiger partial charge in [0.25, 0.3) is 0 Å². The number of anilines is 1. The van der Waals surface area contributed by atoms with Crippen molar-refractivity contribution < 1.29 is 14.3 Å². The molecule has 1 aliphatic rings. The van der Waals surface area contributed by atoms with Gasteiger partial charge in [0.2, 0.25) is 5.91 Å². The van der Waals surface area contributed by atoms with Gasteiger partial charge >= 0.3 is 5.69 Å². The number of nitrogens with zero attached hydrogens (tertiary/aromatic N) is 2. The average Bonchev–Trinajstić information content (AvgIpc) is 3.04. The van der Waals surface area contributed by atoms with Crippen molar-refractivity contribution in [1.29, 1.82) is 0 Å². The molecule has 1 aliphatic heterocycles. The van der Waals surface area contributed by atoms with Crippen molar-refractivity contribution in [2.45, 2.75) is 25.2 Å². The lowest BCUT2D eigenvalue weighted by Gasteiger charge is -2.15. The molecule has 0 spiro atoms. The molecule has 1 unspecified atom stereocenters. The van der Waals surface area contributed by atoms with Crippen LogP contribution in [0.5, 0.6) is 0 Å². The second kappa shape index (κ2) is 8.28. The fourth-order valence-electron chi connectivity index (χ4n) is 2.41. The Labute approximate surface area is 149 Å². The SMILES string of the molecule is CC(=O)Nc1ccn(C2CS[C@@H](COCc3ccccc3)O2)c(=O)n1. The van der Waals surface area contributed by atoms with Crippen molar-refractivity contribution in [2.24, 2.45) is 0 Å². The van der Waals surface area contributed by atoms with Crippen molar-refractivity contribution in [1.82, 2.24) is 9.55 Å². The molecule has 1 amide bonds. The standard InChI is InChI=1S/C17H19N3O4S/c1-12(21)18-14-7-8-20(17(22)19-14)15-11-25-16(24-15)10-23-9-13-5-3-2-4-6-13/h2-8,15-16H,9-11H2,1H3,(H,18,19,21,22)/t15?,16-/m0/s1. The summed E-state index contributed by atoms with van der Waals surface area (Å²) >= 11 is 1.60. The summed E-state index contributed by atoms with van der Waals surface area (Å²) in [6, 6.07) is 11.5. The Morgan fingerprint density at radius 1 is 1.40 bits per heavy atom. The fourth-order valence-corrected chi connectivity index (χ4v) is 3.42. The maximum Gasteiger partial charge on any atom is 0.351 e. The molecule has 1 fully saturated rings. The maximum absolute atomic E-state index is 12.1. The van der Waals surface area contributed by atoms with Gasteiger partial charge in [-0.15, -0.1) is 11.8 Å². The number of benzene rings is 1. The van der Waals surface area contributed by atoms with E-state index in [9.17, 15) is 9.59 Å². The van der Waals surface area contributed by atoms with E-state index in [1.807, 2.05) is 30.3 Å². The molecule has 1 aromatic heterocycles. The lowest BCUT2D eigenvalue weighted by atomic mass is 10.2. The molecule has 1 N–H and O–H groups in total. The number of rotatable bonds is 6. The summed E-state index contributed by atoms with van der Waals surface area (Å²) < 4.78 is 13.0. The Hall–Kier alpha value is -2.16. The van der Waals surface area contributed by atoms with E-state index in [0.717, 1.165) is 5.56 Å². The molecule has 8 heteroatoms. The molecule has 132 valence electrons. The van der Waals surface area contributed by atoms with Crippen LogP contribution in [0.3, 0.4) is 0 Å². The van der Waals surface area contributed by atoms with Crippen molar-refractivity contribution in [3.8, 4) is 0 Å². The fraction of sp³-hybridized carbons (Fsp3) is 0.353. The molecular formula is C17H19N3O4S. The highest BCUT2D eigenvalue weighted by atomic mass is 32.2. The minimum atomic E-state index is -0.456. The van der Waals surface area contributed by atoms with Crippen LogP contribution in [-0.2, 0) is 20.9 Å². The van der Waals surface area contributed by atoms with E-state index in [4.69, 9.17) is 9.47 Å². The Balaban J connectivity index is 1.52. The molecule has 3 rings (SSSR count). The van der Waals surface area contributed by atoms with Gasteiger partial charge in [-0.25, -0.2) is 4.79 Å². The van der Waals surface area contributed by atoms with Gasteiger partial charge in [-0.2, -0.15) is 4.98 Å². The molecule has 7 nitrogen and oxygen atoms in total. The summed E-state index contributed by atoms with van der Waals surface area (Å²) in [5.41, 5.74) is 0.523. The molecule has 0 saturated carbocycles. The maximum atomic E-state index is 12.1. The summed E-state index contributed by atoms with van der Waals surface area (Å²) in [4.78, 5) is 26.9. The van der Waals surface area contributed by atoms with Gasteiger partial charge in [-0.3, -0.25) is 9.36 Å². The van der Waals surface area contributed by atoms with Gasteiger partial charge in [0.15, 0.2) is 0 Å². The number of carbonyl (C=O) groups excluding carboxylic acids is 1. The van der Waals surface area contributed by atoms with Crippen LogP contribution in [0.25, 0.3) is 0 Å². The predicted octanol–water partition coefficient (Wildman–Crippen LogP) is 2.01. The quantitative estimate of drug-likeness (QED) is 0.847. The monoisotopic (exact) mass is 361 g/mol. The van der Waals surface area contributed by atoms with E-state index < -0.39 is 5.69 Å². The summed E-state index contributed by atoms with van der Waals surface area (Å²) in [5, 5.41) is 2.49. The predicted molar refractivity (Wildman–Crippen MR) is 95.3 cm³/mol. The molecule has 0 aliphatic carbocycles. The van der Waals surface area contributed by atoms with Crippen LogP contribution in [0.15, 0.2) is 47.4 Å². The summed E-state index contributed by atoms with van der Waals surface area (Å²) in [7, 11) is 0. The molecule has 1 saturated heterocycles. The lowest BCUT2D eigenvalue weighted by Crippen LogP contribution is -2.29. The van der Waals surface area contributed by atoms with Crippen LogP contribution in [0.2, 0.25) is 0 Å². The topological polar surface area (TPSA) is 82.5 Å². The number of hydrogen-bond donors (Lipinski definition) is 1. The summed E-state index contributed by atoms with van der Waals surface area (Å²) in [6.45, 7) is 2.34. The third kappa shape index (κ3) is 4.91. The zero-order chi connectivity index (χ0) is 17.6. The average molecular weight is 361 g/mol. The lowest BCUT2D eigenvalue weighted by molar-refractivity contribution is -0.114. The zero-order valence-corrected chi connectivity index (χ0v) is 14.6. The van der Waals surface area contributed by atoms with Crippen LogP contribution < -0.4 is 11.0 Å². The van der Waals surface area contributed by atoms with E-state index in [0.29, 0.717) is 19.0 Å². The van der Waals surface area contributed by atoms with Crippen molar-refractivity contribution in [3.05, 3.63) is 58.6 Å². The largest absolute Gasteiger partial charge is 0.373 e. The first kappa shape index (κ1) is 17.7. The molecule has 2 heterocycles. The molecule has 25 heavy (non-hydrogen) atoms. The van der Waals surface area contributed by atoms with E-state index in [1.54, 1.807) is 24.0 Å². The van der Waals surface area contributed by atoms with Crippen molar-refractivity contribution >= 4 is 23.5 Å². The van der Waals surface area contributed by atoms with E-state index >= 15 is 0 Å². The smallest absolute Gasteiger partial charge is 0.351 e. The van der Waals surface area contributed by atoms with Gasteiger partial charge in [0.1, 0.15) is 17.5 Å². The van der Waals surface area contributed by atoms with E-state index in [1.165, 1.54) is 11.5 Å². The first-order valence-corrected chi connectivity index (χ1v) is 8.92. The highest BCUT2D eigenvalue weighted by Gasteiger charge is 2.28. The number of aromatic nitrogens is 2. The molecule has 1 aromatic carbocycles. The van der Waals surface area contributed by atoms with Crippen LogP contribution in [0.1, 0.15) is 18.7 Å². The van der Waals surface area contributed by atoms with Gasteiger partial charge in [-0.1, -0.05) is 30.3 Å². The third-order valence-corrected chi connectivity index (χ3v) is 4.64. The molecule has 0 bridgehead atoms. The van der Waals surface area contributed by atoms with Gasteiger partial charge in [0.05, 0.1) is 13.2 Å². The van der Waals surface area contributed by atoms with Gasteiger partial charge < -0.3 is 14.8 Å². The minimum absolute atomic E-state index is 0.129. The summed E-state index contributed by atoms with van der Waals surface area (Å²) in [6.07, 6.45) is 1.20.